The molecule has 3 rings (SSSR count). The fourth-order valence-electron chi connectivity index (χ4n) is 5.40. The fourth-order valence-corrected chi connectivity index (χ4v) is 5.40. The Hall–Kier alpha value is -3.26. The molecule has 2 amide bonds. The summed E-state index contributed by atoms with van der Waals surface area (Å²) in [5, 5.41) is 3.68. The first-order valence-electron chi connectivity index (χ1n) is 12.5. The van der Waals surface area contributed by atoms with Crippen LogP contribution in [0.4, 0.5) is 0 Å². The molecule has 8 heteroatoms. The molecule has 0 aliphatic carbocycles. The van der Waals surface area contributed by atoms with Gasteiger partial charge in [-0.3, -0.25) is 9.59 Å². The van der Waals surface area contributed by atoms with Gasteiger partial charge >= 0.3 is 0 Å². The first-order chi connectivity index (χ1) is 17.2. The molecule has 1 aromatic carbocycles. The molecule has 196 valence electrons. The van der Waals surface area contributed by atoms with E-state index in [0.29, 0.717) is 43.9 Å². The van der Waals surface area contributed by atoms with Gasteiger partial charge < -0.3 is 29.5 Å². The zero-order valence-electron chi connectivity index (χ0n) is 22.5. The van der Waals surface area contributed by atoms with Crippen molar-refractivity contribution in [2.45, 2.75) is 51.6 Å². The standard InChI is InChI=1S/C28H40N4O4/c1-8-12-30(5)21(4)27(34)31-13-10-28(11-14-31,29-9-2)25-15-20(3)26-22(18-32(25)19-33)16-23(35-6)17-24(26)36-7/h8,12,15-17,19-20,29H,4,9-11,13-14,18H2,1-3,5-7H3. The molecule has 1 fully saturated rings. The molecule has 2 heterocycles. The third kappa shape index (κ3) is 5.28. The summed E-state index contributed by atoms with van der Waals surface area (Å²) in [5.41, 5.74) is 3.01. The predicted octanol–water partition coefficient (Wildman–Crippen LogP) is 3.61. The van der Waals surface area contributed by atoms with Gasteiger partial charge in [0.2, 0.25) is 6.41 Å². The van der Waals surface area contributed by atoms with Crippen molar-refractivity contribution in [2.75, 3.05) is 40.9 Å². The third-order valence-corrected chi connectivity index (χ3v) is 7.25. The third-order valence-electron chi connectivity index (χ3n) is 7.25. The van der Waals surface area contributed by atoms with Crippen LogP contribution in [0.5, 0.6) is 11.5 Å². The minimum atomic E-state index is -0.434. The van der Waals surface area contributed by atoms with E-state index in [1.807, 2.05) is 43.3 Å². The van der Waals surface area contributed by atoms with E-state index < -0.39 is 5.54 Å². The van der Waals surface area contributed by atoms with Crippen molar-refractivity contribution in [2.24, 2.45) is 0 Å². The Labute approximate surface area is 215 Å². The highest BCUT2D eigenvalue weighted by Gasteiger charge is 2.42. The summed E-state index contributed by atoms with van der Waals surface area (Å²) in [5.74, 6) is 1.40. The molecule has 2 aliphatic heterocycles. The van der Waals surface area contributed by atoms with E-state index in [0.717, 1.165) is 35.5 Å². The van der Waals surface area contributed by atoms with Crippen LogP contribution < -0.4 is 14.8 Å². The Balaban J connectivity index is 1.94. The van der Waals surface area contributed by atoms with Gasteiger partial charge in [-0.25, -0.2) is 0 Å². The monoisotopic (exact) mass is 496 g/mol. The minimum Gasteiger partial charge on any atom is -0.497 e. The number of methoxy groups -OCH3 is 2. The number of hydrogen-bond donors (Lipinski definition) is 1. The van der Waals surface area contributed by atoms with E-state index in [2.05, 4.69) is 31.8 Å². The quantitative estimate of drug-likeness (QED) is 0.416. The smallest absolute Gasteiger partial charge is 0.269 e. The van der Waals surface area contributed by atoms with Crippen LogP contribution in [0.15, 0.2) is 48.5 Å². The normalized spacial score (nSPS) is 19.3. The van der Waals surface area contributed by atoms with Crippen molar-refractivity contribution in [3.63, 3.8) is 0 Å². The maximum absolute atomic E-state index is 13.1. The number of carbonyl (C=O) groups excluding carboxylic acids is 2. The second-order valence-electron chi connectivity index (χ2n) is 9.42. The summed E-state index contributed by atoms with van der Waals surface area (Å²) in [6, 6.07) is 3.87. The SMILES string of the molecule is C=C(C(=O)N1CCC(NCC)(C2=CC(C)c3c(cc(OC)cc3OC)CN2C=O)CC1)N(C)C=CC. The number of hydrogen-bond acceptors (Lipinski definition) is 6. The number of rotatable bonds is 9. The Kier molecular flexibility index (Phi) is 8.84. The van der Waals surface area contributed by atoms with Gasteiger partial charge in [0.05, 0.1) is 32.0 Å². The number of nitrogens with one attached hydrogen (secondary N) is 1. The Morgan fingerprint density at radius 2 is 1.97 bits per heavy atom. The molecule has 0 spiro atoms. The number of piperidine rings is 1. The van der Waals surface area contributed by atoms with Gasteiger partial charge in [-0.2, -0.15) is 0 Å². The van der Waals surface area contributed by atoms with Crippen LogP contribution in [0.1, 0.15) is 50.7 Å². The number of nitrogens with zero attached hydrogens (tertiary/aromatic N) is 3. The van der Waals surface area contributed by atoms with Crippen LogP contribution in [0.3, 0.4) is 0 Å². The number of fused-ring (bicyclic) bond motifs is 1. The molecule has 0 saturated carbocycles. The van der Waals surface area contributed by atoms with Gasteiger partial charge in [0, 0.05) is 43.4 Å². The zero-order chi connectivity index (χ0) is 26.5. The maximum Gasteiger partial charge on any atom is 0.269 e. The summed E-state index contributed by atoms with van der Waals surface area (Å²) in [6.45, 7) is 12.4. The molecule has 0 aromatic heterocycles. The van der Waals surface area contributed by atoms with E-state index in [-0.39, 0.29) is 11.8 Å². The first-order valence-corrected chi connectivity index (χ1v) is 12.5. The molecule has 8 nitrogen and oxygen atoms in total. The Bertz CT molecular complexity index is 1040. The van der Waals surface area contributed by atoms with Crippen LogP contribution in [0.2, 0.25) is 0 Å². The lowest BCUT2D eigenvalue weighted by Crippen LogP contribution is -2.58. The molecular formula is C28H40N4O4. The molecule has 1 saturated heterocycles. The summed E-state index contributed by atoms with van der Waals surface area (Å²) >= 11 is 0. The van der Waals surface area contributed by atoms with Crippen LogP contribution in [0, 0.1) is 0 Å². The average Bonchev–Trinajstić information content (AvgIpc) is 3.04. The van der Waals surface area contributed by atoms with E-state index in [4.69, 9.17) is 9.47 Å². The number of likely N-dealkylation sites (tertiary alicyclic amines) is 1. The molecule has 2 aliphatic rings. The number of benzene rings is 1. The molecule has 1 N–H and O–H groups in total. The highest BCUT2D eigenvalue weighted by Crippen LogP contribution is 2.42. The maximum atomic E-state index is 13.1. The highest BCUT2D eigenvalue weighted by atomic mass is 16.5. The molecule has 1 aromatic rings. The van der Waals surface area contributed by atoms with Crippen molar-refractivity contribution < 1.29 is 19.1 Å². The lowest BCUT2D eigenvalue weighted by atomic mass is 9.81. The van der Waals surface area contributed by atoms with Gasteiger partial charge in [-0.15, -0.1) is 0 Å². The number of allylic oxidation sites excluding steroid dienone is 2. The molecule has 1 unspecified atom stereocenters. The van der Waals surface area contributed by atoms with Gasteiger partial charge in [0.1, 0.15) is 11.5 Å². The largest absolute Gasteiger partial charge is 0.497 e. The Morgan fingerprint density at radius 1 is 1.28 bits per heavy atom. The van der Waals surface area contributed by atoms with Crippen LogP contribution in [-0.4, -0.2) is 73.5 Å². The molecule has 1 atom stereocenters. The number of likely N-dealkylation sites (N-methyl/N-ethyl adjacent to an activating group) is 2. The molecular weight excluding hydrogens is 456 g/mol. The van der Waals surface area contributed by atoms with E-state index in [9.17, 15) is 9.59 Å². The second kappa shape index (κ2) is 11.6. The molecule has 36 heavy (non-hydrogen) atoms. The predicted molar refractivity (Wildman–Crippen MR) is 142 cm³/mol. The molecule has 0 radical (unpaired) electrons. The van der Waals surface area contributed by atoms with Crippen molar-refractivity contribution in [1.82, 2.24) is 20.0 Å². The first kappa shape index (κ1) is 27.3. The van der Waals surface area contributed by atoms with E-state index >= 15 is 0 Å². The number of amides is 2. The summed E-state index contributed by atoms with van der Waals surface area (Å²) in [4.78, 5) is 30.9. The topological polar surface area (TPSA) is 74.4 Å². The molecule has 0 bridgehead atoms. The van der Waals surface area contributed by atoms with Crippen molar-refractivity contribution >= 4 is 12.3 Å². The summed E-state index contributed by atoms with van der Waals surface area (Å²) in [6.07, 6.45) is 8.16. The number of carbonyl (C=O) groups is 2. The number of ether oxygens (including phenoxy) is 2. The summed E-state index contributed by atoms with van der Waals surface area (Å²) < 4.78 is 11.2. The van der Waals surface area contributed by atoms with Gasteiger partial charge in [-0.05, 0) is 44.1 Å². The van der Waals surface area contributed by atoms with Gasteiger partial charge in [-0.1, -0.05) is 32.6 Å². The van der Waals surface area contributed by atoms with Gasteiger partial charge in [0.25, 0.3) is 5.91 Å². The van der Waals surface area contributed by atoms with Crippen LogP contribution in [-0.2, 0) is 16.1 Å². The van der Waals surface area contributed by atoms with Crippen molar-refractivity contribution in [1.29, 1.82) is 0 Å². The zero-order valence-corrected chi connectivity index (χ0v) is 22.5. The highest BCUT2D eigenvalue weighted by molar-refractivity contribution is 5.92. The van der Waals surface area contributed by atoms with Crippen LogP contribution in [0.25, 0.3) is 0 Å². The van der Waals surface area contributed by atoms with Crippen LogP contribution >= 0.6 is 0 Å². The van der Waals surface area contributed by atoms with Crippen molar-refractivity contribution in [3.05, 3.63) is 59.6 Å². The minimum absolute atomic E-state index is 0.0188. The fraction of sp³-hybridized carbons (Fsp3) is 0.500. The van der Waals surface area contributed by atoms with Gasteiger partial charge in [0.15, 0.2) is 0 Å². The second-order valence-corrected chi connectivity index (χ2v) is 9.42. The lowest BCUT2D eigenvalue weighted by molar-refractivity contribution is -0.130. The van der Waals surface area contributed by atoms with E-state index in [1.54, 1.807) is 24.0 Å². The summed E-state index contributed by atoms with van der Waals surface area (Å²) in [7, 11) is 5.11. The average molecular weight is 497 g/mol. The lowest BCUT2D eigenvalue weighted by Gasteiger charge is -2.46. The Morgan fingerprint density at radius 3 is 2.53 bits per heavy atom. The van der Waals surface area contributed by atoms with Crippen molar-refractivity contribution in [3.8, 4) is 11.5 Å². The van der Waals surface area contributed by atoms with E-state index in [1.165, 1.54) is 0 Å².